The van der Waals surface area contributed by atoms with E-state index in [9.17, 15) is 9.90 Å². The summed E-state index contributed by atoms with van der Waals surface area (Å²) in [5.41, 5.74) is 3.25. The average molecular weight is 358 g/mol. The molecule has 6 nitrogen and oxygen atoms in total. The molecular weight excluding hydrogens is 328 g/mol. The zero-order valence-electron chi connectivity index (χ0n) is 16.1. The van der Waals surface area contributed by atoms with Crippen molar-refractivity contribution in [1.82, 2.24) is 20.4 Å². The Labute approximate surface area is 155 Å². The van der Waals surface area contributed by atoms with Crippen LogP contribution in [0.15, 0.2) is 36.7 Å². The summed E-state index contributed by atoms with van der Waals surface area (Å²) in [5.74, 6) is 0.523. The second-order valence-corrected chi connectivity index (χ2v) is 7.19. The maximum Gasteiger partial charge on any atom is 0.234 e. The number of benzene rings is 1. The van der Waals surface area contributed by atoms with Crippen molar-refractivity contribution in [3.63, 3.8) is 0 Å². The number of nitrogens with one attached hydrogen (secondary N) is 2. The van der Waals surface area contributed by atoms with Crippen LogP contribution in [0.5, 0.6) is 0 Å². The molecule has 0 radical (unpaired) electrons. The third kappa shape index (κ3) is 5.97. The molecule has 0 bridgehead atoms. The van der Waals surface area contributed by atoms with E-state index in [0.29, 0.717) is 5.92 Å². The largest absolute Gasteiger partial charge is 0.394 e. The van der Waals surface area contributed by atoms with Crippen LogP contribution in [-0.4, -0.2) is 33.9 Å². The predicted octanol–water partition coefficient (Wildman–Crippen LogP) is 2.12. The second kappa shape index (κ2) is 9.50. The van der Waals surface area contributed by atoms with E-state index in [-0.39, 0.29) is 31.1 Å². The maximum absolute atomic E-state index is 12.2. The van der Waals surface area contributed by atoms with Crippen molar-refractivity contribution >= 4 is 5.91 Å². The van der Waals surface area contributed by atoms with Crippen molar-refractivity contribution in [1.29, 1.82) is 0 Å². The molecular formula is C20H30N4O2. The zero-order chi connectivity index (χ0) is 19.1. The van der Waals surface area contributed by atoms with Gasteiger partial charge in [0.15, 0.2) is 0 Å². The number of nitrogens with zero attached hydrogens (tertiary/aromatic N) is 2. The molecule has 26 heavy (non-hydrogen) atoms. The van der Waals surface area contributed by atoms with Gasteiger partial charge in [-0.05, 0) is 30.4 Å². The summed E-state index contributed by atoms with van der Waals surface area (Å²) in [6.45, 7) is 6.42. The van der Waals surface area contributed by atoms with E-state index in [1.165, 1.54) is 5.56 Å². The van der Waals surface area contributed by atoms with Gasteiger partial charge in [0, 0.05) is 18.8 Å². The molecule has 0 spiro atoms. The first-order valence-electron chi connectivity index (χ1n) is 9.10. The fourth-order valence-corrected chi connectivity index (χ4v) is 2.91. The third-order valence-corrected chi connectivity index (χ3v) is 4.32. The highest BCUT2D eigenvalue weighted by Crippen LogP contribution is 2.15. The zero-order valence-corrected chi connectivity index (χ0v) is 16.1. The lowest BCUT2D eigenvalue weighted by molar-refractivity contribution is -0.121. The summed E-state index contributed by atoms with van der Waals surface area (Å²) >= 11 is 0. The molecule has 0 fully saturated rings. The molecule has 0 saturated heterocycles. The van der Waals surface area contributed by atoms with Crippen molar-refractivity contribution in [2.24, 2.45) is 13.0 Å². The Morgan fingerprint density at radius 2 is 1.88 bits per heavy atom. The molecule has 0 saturated carbocycles. The van der Waals surface area contributed by atoms with Crippen LogP contribution in [0.4, 0.5) is 0 Å². The molecule has 0 unspecified atom stereocenters. The van der Waals surface area contributed by atoms with Gasteiger partial charge in [-0.15, -0.1) is 0 Å². The van der Waals surface area contributed by atoms with Gasteiger partial charge in [0.1, 0.15) is 0 Å². The van der Waals surface area contributed by atoms with Gasteiger partial charge in [0.2, 0.25) is 5.91 Å². The molecule has 2 aromatic rings. The molecule has 0 aliphatic heterocycles. The Bertz CT molecular complexity index is 694. The van der Waals surface area contributed by atoms with Crippen LogP contribution in [0.3, 0.4) is 0 Å². The topological polar surface area (TPSA) is 79.2 Å². The Morgan fingerprint density at radius 3 is 2.42 bits per heavy atom. The molecule has 1 heterocycles. The van der Waals surface area contributed by atoms with Crippen molar-refractivity contribution < 1.29 is 9.90 Å². The molecule has 1 aromatic carbocycles. The van der Waals surface area contributed by atoms with Gasteiger partial charge in [0.05, 0.1) is 31.4 Å². The quantitative estimate of drug-likeness (QED) is 0.641. The van der Waals surface area contributed by atoms with Crippen molar-refractivity contribution in [2.75, 3.05) is 13.2 Å². The number of amides is 1. The summed E-state index contributed by atoms with van der Waals surface area (Å²) < 4.78 is 1.67. The normalized spacial score (nSPS) is 13.6. The van der Waals surface area contributed by atoms with Crippen molar-refractivity contribution in [3.05, 3.63) is 53.3 Å². The molecule has 6 heteroatoms. The summed E-state index contributed by atoms with van der Waals surface area (Å²) in [6, 6.07) is 8.02. The van der Waals surface area contributed by atoms with E-state index in [1.54, 1.807) is 10.9 Å². The van der Waals surface area contributed by atoms with E-state index in [4.69, 9.17) is 0 Å². The first kappa shape index (κ1) is 20.1. The van der Waals surface area contributed by atoms with Gasteiger partial charge < -0.3 is 10.4 Å². The van der Waals surface area contributed by atoms with Crippen LogP contribution >= 0.6 is 0 Å². The van der Waals surface area contributed by atoms with Gasteiger partial charge >= 0.3 is 0 Å². The van der Waals surface area contributed by atoms with E-state index >= 15 is 0 Å². The Kier molecular flexibility index (Phi) is 7.36. The smallest absolute Gasteiger partial charge is 0.234 e. The fraction of sp³-hybridized carbons (Fsp3) is 0.500. The number of hydrogen-bond donors (Lipinski definition) is 3. The van der Waals surface area contributed by atoms with Crippen LogP contribution in [0, 0.1) is 5.92 Å². The summed E-state index contributed by atoms with van der Waals surface area (Å²) in [5, 5.41) is 19.7. The Hall–Kier alpha value is -2.18. The number of carbonyl (C=O) groups is 1. The number of aromatic nitrogens is 2. The molecule has 3 N–H and O–H groups in total. The lowest BCUT2D eigenvalue weighted by Gasteiger charge is -2.18. The second-order valence-electron chi connectivity index (χ2n) is 7.19. The molecule has 142 valence electrons. The van der Waals surface area contributed by atoms with Gasteiger partial charge in [-0.25, -0.2) is 0 Å². The van der Waals surface area contributed by atoms with Crippen LogP contribution < -0.4 is 10.6 Å². The van der Waals surface area contributed by atoms with Crippen molar-refractivity contribution in [2.45, 2.75) is 39.3 Å². The van der Waals surface area contributed by atoms with Gasteiger partial charge in [-0.1, -0.05) is 38.1 Å². The summed E-state index contributed by atoms with van der Waals surface area (Å²) in [4.78, 5) is 12.2. The van der Waals surface area contributed by atoms with E-state index < -0.39 is 0 Å². The number of aliphatic hydroxyl groups excluding tert-OH is 1. The first-order chi connectivity index (χ1) is 12.4. The number of carbonyl (C=O) groups excluding carboxylic acids is 1. The fourth-order valence-electron chi connectivity index (χ4n) is 2.91. The molecule has 2 atom stereocenters. The van der Waals surface area contributed by atoms with E-state index in [0.717, 1.165) is 17.5 Å². The minimum Gasteiger partial charge on any atom is -0.394 e. The molecule has 1 amide bonds. The van der Waals surface area contributed by atoms with Crippen LogP contribution in [-0.2, 0) is 18.3 Å². The van der Waals surface area contributed by atoms with Crippen LogP contribution in [0.1, 0.15) is 49.5 Å². The number of aryl methyl sites for hydroxylation is 1. The minimum absolute atomic E-state index is 0.0663. The first-order valence-corrected chi connectivity index (χ1v) is 9.10. The molecule has 2 rings (SSSR count). The lowest BCUT2D eigenvalue weighted by atomic mass is 10.00. The van der Waals surface area contributed by atoms with E-state index in [1.807, 2.05) is 20.2 Å². The highest BCUT2D eigenvalue weighted by molar-refractivity contribution is 5.78. The summed E-state index contributed by atoms with van der Waals surface area (Å²) in [7, 11) is 1.82. The standard InChI is InChI=1S/C20H30N4O2/c1-14(2)9-16-5-7-17(8-6-16)15(3)23-20(26)11-21-19(13-25)18-10-22-24(4)12-18/h5-8,10,12,14-15,19,21,25H,9,11,13H2,1-4H3,(H,23,26)/t15-,19+/m1/s1. The van der Waals surface area contributed by atoms with E-state index in [2.05, 4.69) is 53.8 Å². The van der Waals surface area contributed by atoms with Crippen LogP contribution in [0.2, 0.25) is 0 Å². The number of aliphatic hydroxyl groups is 1. The molecule has 0 aliphatic rings. The molecule has 1 aromatic heterocycles. The Morgan fingerprint density at radius 1 is 1.19 bits per heavy atom. The highest BCUT2D eigenvalue weighted by atomic mass is 16.3. The van der Waals surface area contributed by atoms with Gasteiger partial charge in [0.25, 0.3) is 0 Å². The molecule has 0 aliphatic carbocycles. The number of rotatable bonds is 9. The SMILES string of the molecule is CC(C)Cc1ccc([C@@H](C)NC(=O)CN[C@@H](CO)c2cnn(C)c2)cc1. The summed E-state index contributed by atoms with van der Waals surface area (Å²) in [6.07, 6.45) is 4.57. The van der Waals surface area contributed by atoms with Crippen LogP contribution in [0.25, 0.3) is 0 Å². The monoisotopic (exact) mass is 358 g/mol. The minimum atomic E-state index is -0.305. The van der Waals surface area contributed by atoms with Gasteiger partial charge in [-0.2, -0.15) is 5.10 Å². The van der Waals surface area contributed by atoms with Crippen molar-refractivity contribution in [3.8, 4) is 0 Å². The predicted molar refractivity (Wildman–Crippen MR) is 103 cm³/mol. The number of hydrogen-bond acceptors (Lipinski definition) is 4. The highest BCUT2D eigenvalue weighted by Gasteiger charge is 2.15. The third-order valence-electron chi connectivity index (χ3n) is 4.32. The average Bonchev–Trinajstić information content (AvgIpc) is 3.01. The lowest BCUT2D eigenvalue weighted by Crippen LogP contribution is -2.37. The Balaban J connectivity index is 1.84. The van der Waals surface area contributed by atoms with Gasteiger partial charge in [-0.3, -0.25) is 14.8 Å². The maximum atomic E-state index is 12.2.